The third kappa shape index (κ3) is 4.09. The Morgan fingerprint density at radius 1 is 1.42 bits per heavy atom. The number of rotatable bonds is 5. The molecule has 0 aromatic heterocycles. The molecule has 0 saturated carbocycles. The van der Waals surface area contributed by atoms with Gasteiger partial charge >= 0.3 is 5.97 Å². The van der Waals surface area contributed by atoms with E-state index in [9.17, 15) is 9.59 Å². The maximum Gasteiger partial charge on any atom is 0.337 e. The number of aromatic carboxylic acids is 1. The number of hydrogen-bond donors (Lipinski definition) is 3. The largest absolute Gasteiger partial charge is 0.478 e. The van der Waals surface area contributed by atoms with Gasteiger partial charge in [-0.2, -0.15) is 0 Å². The van der Waals surface area contributed by atoms with Crippen LogP contribution in [0.1, 0.15) is 30.1 Å². The topological polar surface area (TPSA) is 92.4 Å². The minimum Gasteiger partial charge on any atom is -0.478 e. The van der Waals surface area contributed by atoms with Gasteiger partial charge in [-0.1, -0.05) is 36.5 Å². The summed E-state index contributed by atoms with van der Waals surface area (Å²) in [5.74, 6) is -1.71. The van der Waals surface area contributed by atoms with Crippen LogP contribution in [0.4, 0.5) is 5.69 Å². The minimum atomic E-state index is -1.23. The fourth-order valence-corrected chi connectivity index (χ4v) is 2.07. The Morgan fingerprint density at radius 3 is 2.58 bits per heavy atom. The number of carbonyl (C=O) groups excluding carboxylic acids is 1. The molecule has 1 atom stereocenters. The Hall–Kier alpha value is -1.30. The van der Waals surface area contributed by atoms with E-state index in [0.717, 1.165) is 6.42 Å². The molecule has 0 unspecified atom stereocenters. The number of carboxylic acids is 1. The molecule has 0 aliphatic carbocycles. The molecule has 0 aliphatic heterocycles. The van der Waals surface area contributed by atoms with Crippen molar-refractivity contribution >= 4 is 40.8 Å². The van der Waals surface area contributed by atoms with Gasteiger partial charge in [0.2, 0.25) is 5.91 Å². The lowest BCUT2D eigenvalue weighted by molar-refractivity contribution is -0.117. The first-order valence-electron chi connectivity index (χ1n) is 5.65. The zero-order chi connectivity index (χ0) is 14.6. The average molecular weight is 305 g/mol. The van der Waals surface area contributed by atoms with E-state index in [0.29, 0.717) is 6.42 Å². The second-order valence-electron chi connectivity index (χ2n) is 4.00. The molecule has 104 valence electrons. The zero-order valence-electron chi connectivity index (χ0n) is 10.2. The van der Waals surface area contributed by atoms with E-state index in [-0.39, 0.29) is 21.3 Å². The standard InChI is InChI=1S/C12H14Cl2N2O3/c1-2-3-9(15)11(17)16-10-7(12(18)19)4-6(13)5-8(10)14/h4-5,9H,2-3,15H2,1H3,(H,16,17)(H,18,19)/t9-/m1/s1. The number of benzene rings is 1. The lowest BCUT2D eigenvalue weighted by Crippen LogP contribution is -2.35. The number of halogens is 2. The van der Waals surface area contributed by atoms with Crippen molar-refractivity contribution in [3.63, 3.8) is 0 Å². The second kappa shape index (κ2) is 6.75. The van der Waals surface area contributed by atoms with E-state index in [1.54, 1.807) is 0 Å². The van der Waals surface area contributed by atoms with Crippen LogP contribution in [0, 0.1) is 0 Å². The molecule has 0 radical (unpaired) electrons. The molecule has 7 heteroatoms. The number of carboxylic acid groups (broad SMARTS) is 1. The summed E-state index contributed by atoms with van der Waals surface area (Å²) in [6.45, 7) is 1.89. The van der Waals surface area contributed by atoms with Crippen LogP contribution < -0.4 is 11.1 Å². The molecule has 1 amide bonds. The quantitative estimate of drug-likeness (QED) is 0.780. The van der Waals surface area contributed by atoms with Crippen LogP contribution in [0.15, 0.2) is 12.1 Å². The average Bonchev–Trinajstić information content (AvgIpc) is 2.32. The first-order chi connectivity index (χ1) is 8.86. The van der Waals surface area contributed by atoms with Gasteiger partial charge in [-0.3, -0.25) is 4.79 Å². The van der Waals surface area contributed by atoms with Crippen molar-refractivity contribution in [2.24, 2.45) is 5.73 Å². The van der Waals surface area contributed by atoms with Gasteiger partial charge in [0, 0.05) is 5.02 Å². The molecule has 5 nitrogen and oxygen atoms in total. The summed E-state index contributed by atoms with van der Waals surface area (Å²) in [7, 11) is 0. The van der Waals surface area contributed by atoms with Crippen molar-refractivity contribution in [2.45, 2.75) is 25.8 Å². The van der Waals surface area contributed by atoms with Gasteiger partial charge in [-0.05, 0) is 18.6 Å². The van der Waals surface area contributed by atoms with Crippen molar-refractivity contribution in [1.82, 2.24) is 0 Å². The summed E-state index contributed by atoms with van der Waals surface area (Å²) < 4.78 is 0. The predicted molar refractivity (Wildman–Crippen MR) is 74.9 cm³/mol. The summed E-state index contributed by atoms with van der Waals surface area (Å²) in [5.41, 5.74) is 5.49. The molecule has 1 aromatic rings. The lowest BCUT2D eigenvalue weighted by atomic mass is 10.1. The molecule has 0 spiro atoms. The van der Waals surface area contributed by atoms with Crippen molar-refractivity contribution in [2.75, 3.05) is 5.32 Å². The van der Waals surface area contributed by atoms with Crippen LogP contribution in [0.3, 0.4) is 0 Å². The lowest BCUT2D eigenvalue weighted by Gasteiger charge is -2.14. The third-order valence-corrected chi connectivity index (χ3v) is 2.99. The van der Waals surface area contributed by atoms with E-state index in [1.165, 1.54) is 12.1 Å². The van der Waals surface area contributed by atoms with Gasteiger partial charge in [-0.25, -0.2) is 4.79 Å². The van der Waals surface area contributed by atoms with Gasteiger partial charge in [0.1, 0.15) is 0 Å². The highest BCUT2D eigenvalue weighted by Gasteiger charge is 2.20. The number of nitrogens with two attached hydrogens (primary N) is 1. The Labute approximate surface area is 120 Å². The normalized spacial score (nSPS) is 12.0. The fourth-order valence-electron chi connectivity index (χ4n) is 1.53. The van der Waals surface area contributed by atoms with E-state index >= 15 is 0 Å². The Bertz CT molecular complexity index is 506. The highest BCUT2D eigenvalue weighted by molar-refractivity contribution is 6.37. The van der Waals surface area contributed by atoms with E-state index in [4.69, 9.17) is 34.0 Å². The Balaban J connectivity index is 3.06. The fraction of sp³-hybridized carbons (Fsp3) is 0.333. The Morgan fingerprint density at radius 2 is 2.05 bits per heavy atom. The van der Waals surface area contributed by atoms with Crippen LogP contribution in [0.2, 0.25) is 10.0 Å². The molecule has 0 bridgehead atoms. The summed E-state index contributed by atoms with van der Waals surface area (Å²) in [4.78, 5) is 22.9. The van der Waals surface area contributed by atoms with Gasteiger partial charge in [-0.15, -0.1) is 0 Å². The number of nitrogens with one attached hydrogen (secondary N) is 1. The summed E-state index contributed by atoms with van der Waals surface area (Å²) >= 11 is 11.6. The van der Waals surface area contributed by atoms with Crippen LogP contribution >= 0.6 is 23.2 Å². The summed E-state index contributed by atoms with van der Waals surface area (Å²) in [5, 5.41) is 11.7. The maximum absolute atomic E-state index is 11.8. The van der Waals surface area contributed by atoms with Crippen molar-refractivity contribution < 1.29 is 14.7 Å². The molecule has 0 aliphatic rings. The number of hydrogen-bond acceptors (Lipinski definition) is 3. The maximum atomic E-state index is 11.8. The molecular weight excluding hydrogens is 291 g/mol. The van der Waals surface area contributed by atoms with Crippen LogP contribution in [0.5, 0.6) is 0 Å². The van der Waals surface area contributed by atoms with Gasteiger partial charge in [0.25, 0.3) is 0 Å². The first-order valence-corrected chi connectivity index (χ1v) is 6.41. The first kappa shape index (κ1) is 15.8. The third-order valence-electron chi connectivity index (χ3n) is 2.47. The van der Waals surface area contributed by atoms with Crippen molar-refractivity contribution in [3.8, 4) is 0 Å². The molecule has 0 heterocycles. The predicted octanol–water partition coefficient (Wildman–Crippen LogP) is 2.76. The highest BCUT2D eigenvalue weighted by Crippen LogP contribution is 2.30. The summed E-state index contributed by atoms with van der Waals surface area (Å²) in [6.07, 6.45) is 1.24. The highest BCUT2D eigenvalue weighted by atomic mass is 35.5. The van der Waals surface area contributed by atoms with Gasteiger partial charge < -0.3 is 16.2 Å². The van der Waals surface area contributed by atoms with Crippen LogP contribution in [-0.4, -0.2) is 23.0 Å². The monoisotopic (exact) mass is 304 g/mol. The van der Waals surface area contributed by atoms with Crippen LogP contribution in [-0.2, 0) is 4.79 Å². The van der Waals surface area contributed by atoms with Gasteiger partial charge in [0.15, 0.2) is 0 Å². The SMILES string of the molecule is CCC[C@@H](N)C(=O)Nc1c(Cl)cc(Cl)cc1C(=O)O. The van der Waals surface area contributed by atoms with Crippen molar-refractivity contribution in [3.05, 3.63) is 27.7 Å². The van der Waals surface area contributed by atoms with E-state index < -0.39 is 17.9 Å². The summed E-state index contributed by atoms with van der Waals surface area (Å²) in [6, 6.07) is 1.87. The molecule has 4 N–H and O–H groups in total. The van der Waals surface area contributed by atoms with Crippen LogP contribution in [0.25, 0.3) is 0 Å². The molecule has 0 saturated heterocycles. The molecule has 1 aromatic carbocycles. The number of amides is 1. The van der Waals surface area contributed by atoms with E-state index in [2.05, 4.69) is 5.32 Å². The molecule has 0 fully saturated rings. The number of carbonyl (C=O) groups is 2. The molecule has 1 rings (SSSR count). The van der Waals surface area contributed by atoms with Gasteiger partial charge in [0.05, 0.1) is 22.3 Å². The zero-order valence-corrected chi connectivity index (χ0v) is 11.8. The van der Waals surface area contributed by atoms with E-state index in [1.807, 2.05) is 6.92 Å². The smallest absolute Gasteiger partial charge is 0.337 e. The second-order valence-corrected chi connectivity index (χ2v) is 4.84. The Kier molecular flexibility index (Phi) is 5.60. The molecular formula is C12H14Cl2N2O3. The minimum absolute atomic E-state index is 0.00937. The number of anilines is 1. The van der Waals surface area contributed by atoms with Crippen molar-refractivity contribution in [1.29, 1.82) is 0 Å². The molecule has 19 heavy (non-hydrogen) atoms.